The third kappa shape index (κ3) is 4.98. The number of benzene rings is 8. The number of anilines is 6. The molecule has 0 amide bonds. The van der Waals surface area contributed by atoms with E-state index in [-0.39, 0.29) is 17.5 Å². The van der Waals surface area contributed by atoms with Gasteiger partial charge < -0.3 is 9.80 Å². The van der Waals surface area contributed by atoms with Crippen molar-refractivity contribution < 1.29 is 0 Å². The molecule has 0 fully saturated rings. The number of rotatable bonds is 2. The molecule has 2 aliphatic heterocycles. The quantitative estimate of drug-likeness (QED) is 0.160. The summed E-state index contributed by atoms with van der Waals surface area (Å²) in [5.41, 5.74) is 24.7. The van der Waals surface area contributed by atoms with Gasteiger partial charge in [-0.05, 0) is 144 Å². The predicted octanol–water partition coefficient (Wildman–Crippen LogP) is 14.2. The van der Waals surface area contributed by atoms with E-state index >= 15 is 0 Å². The number of aryl methyl sites for hydroxylation is 1. The first-order valence-corrected chi connectivity index (χ1v) is 23.7. The van der Waals surface area contributed by atoms with Crippen LogP contribution in [0.5, 0.6) is 0 Å². The van der Waals surface area contributed by atoms with Gasteiger partial charge in [0.2, 0.25) is 0 Å². The topological polar surface area (TPSA) is 6.48 Å². The molecular weight excluding hydrogens is 792 g/mol. The summed E-state index contributed by atoms with van der Waals surface area (Å²) in [6.45, 7) is 16.2. The molecule has 13 rings (SSSR count). The minimum Gasteiger partial charge on any atom is -0.311 e. The first-order valence-electron chi connectivity index (χ1n) is 22.9. The minimum atomic E-state index is -0.419. The van der Waals surface area contributed by atoms with Gasteiger partial charge in [0.05, 0.1) is 11.1 Å². The summed E-state index contributed by atoms with van der Waals surface area (Å²) >= 11 is 2.00. The lowest BCUT2D eigenvalue weighted by molar-refractivity contribution is 0.590. The van der Waals surface area contributed by atoms with E-state index < -0.39 is 5.41 Å². The van der Waals surface area contributed by atoms with Crippen molar-refractivity contribution in [1.29, 1.82) is 0 Å². The first kappa shape index (κ1) is 37.9. The zero-order valence-electron chi connectivity index (χ0n) is 37.5. The highest BCUT2D eigenvalue weighted by atomic mass is 32.1. The number of hydrogen-bond donors (Lipinski definition) is 0. The second kappa shape index (κ2) is 13.0. The van der Waals surface area contributed by atoms with E-state index in [0.29, 0.717) is 0 Å². The monoisotopic (exact) mass is 840 g/mol. The van der Waals surface area contributed by atoms with E-state index in [4.69, 9.17) is 0 Å². The Balaban J connectivity index is 1.12. The van der Waals surface area contributed by atoms with Gasteiger partial charge in [-0.15, -0.1) is 11.3 Å². The van der Waals surface area contributed by atoms with Gasteiger partial charge in [-0.3, -0.25) is 0 Å². The maximum Gasteiger partial charge on any atom is 0.264 e. The Labute approximate surface area is 381 Å². The van der Waals surface area contributed by atoms with Crippen molar-refractivity contribution in [3.63, 3.8) is 0 Å². The van der Waals surface area contributed by atoms with Gasteiger partial charge in [0, 0.05) is 43.3 Å². The van der Waals surface area contributed by atoms with E-state index in [2.05, 4.69) is 228 Å². The Bertz CT molecular complexity index is 3390. The minimum absolute atomic E-state index is 0.0404. The molecule has 4 aliphatic rings. The molecule has 0 saturated carbocycles. The predicted molar refractivity (Wildman–Crippen MR) is 274 cm³/mol. The van der Waals surface area contributed by atoms with Crippen molar-refractivity contribution in [3.05, 3.63) is 209 Å². The first-order chi connectivity index (χ1) is 30.9. The van der Waals surface area contributed by atoms with Gasteiger partial charge in [-0.2, -0.15) is 0 Å². The molecule has 2 nitrogen and oxygen atoms in total. The van der Waals surface area contributed by atoms with Crippen LogP contribution in [0.25, 0.3) is 32.3 Å². The average molecular weight is 841 g/mol. The highest BCUT2D eigenvalue weighted by Crippen LogP contribution is 2.64. The zero-order valence-corrected chi connectivity index (χ0v) is 38.4. The summed E-state index contributed by atoms with van der Waals surface area (Å²) in [4.78, 5) is 5.17. The van der Waals surface area contributed by atoms with Gasteiger partial charge in [-0.1, -0.05) is 157 Å². The third-order valence-electron chi connectivity index (χ3n) is 14.8. The Kier molecular flexibility index (Phi) is 7.69. The van der Waals surface area contributed by atoms with E-state index in [1.807, 2.05) is 11.3 Å². The summed E-state index contributed by atoms with van der Waals surface area (Å²) < 4.78 is 2.73. The lowest BCUT2D eigenvalue weighted by atomic mass is 9.36. The van der Waals surface area contributed by atoms with Crippen LogP contribution in [0.2, 0.25) is 0 Å². The summed E-state index contributed by atoms with van der Waals surface area (Å²) in [5, 5.41) is 1.32. The van der Waals surface area contributed by atoms with Crippen molar-refractivity contribution in [3.8, 4) is 22.3 Å². The zero-order chi connectivity index (χ0) is 43.4. The molecule has 0 atom stereocenters. The Morgan fingerprint density at radius 2 is 0.953 bits per heavy atom. The van der Waals surface area contributed by atoms with Gasteiger partial charge in [0.1, 0.15) is 0 Å². The van der Waals surface area contributed by atoms with E-state index in [1.54, 1.807) is 0 Å². The second-order valence-corrected chi connectivity index (χ2v) is 21.7. The standard InChI is InChI=1S/C60H49BN2S/c1-36-32-52-55-53(33-36)63(40-30-26-38(27-31-40)59(5,6)7)56-45-34-49-44(43-18-10-13-21-48(43)60(49)46-19-11-8-16-41(46)42-17-9-12-20-47(42)60)35-54(45)64-57(56)61(55)50-22-14-15-23-51(50)62(52)39-28-24-37(25-29-39)58(2,3)4/h8-35H,1-7H3. The van der Waals surface area contributed by atoms with E-state index in [0.717, 1.165) is 0 Å². The highest BCUT2D eigenvalue weighted by molar-refractivity contribution is 7.33. The van der Waals surface area contributed by atoms with Crippen LogP contribution >= 0.6 is 11.3 Å². The molecule has 4 heteroatoms. The molecule has 2 aliphatic carbocycles. The molecule has 308 valence electrons. The lowest BCUT2D eigenvalue weighted by Crippen LogP contribution is -2.60. The summed E-state index contributed by atoms with van der Waals surface area (Å²) in [6, 6.07) is 65.6. The lowest BCUT2D eigenvalue weighted by Gasteiger charge is -2.43. The second-order valence-electron chi connectivity index (χ2n) is 20.6. The molecule has 3 heterocycles. The summed E-state index contributed by atoms with van der Waals surface area (Å²) in [7, 11) is 0. The van der Waals surface area contributed by atoms with Gasteiger partial charge in [0.25, 0.3) is 6.71 Å². The van der Waals surface area contributed by atoms with Crippen LogP contribution in [-0.4, -0.2) is 6.71 Å². The normalized spacial score (nSPS) is 14.8. The Morgan fingerprint density at radius 1 is 0.469 bits per heavy atom. The highest BCUT2D eigenvalue weighted by Gasteiger charge is 2.52. The van der Waals surface area contributed by atoms with Crippen LogP contribution in [0.15, 0.2) is 170 Å². The average Bonchev–Trinajstić information content (AvgIpc) is 3.91. The van der Waals surface area contributed by atoms with Crippen LogP contribution in [0, 0.1) is 6.92 Å². The SMILES string of the molecule is Cc1cc2c3c(c1)N(c1ccc(C(C)(C)C)cc1)c1c(sc4cc5c(cc14)C1(c4ccccc4-c4ccccc41)c1ccccc1-5)B3c1ccccc1N2c1ccc(C(C)(C)C)cc1. The molecule has 1 aromatic heterocycles. The molecule has 0 N–H and O–H groups in total. The molecule has 0 saturated heterocycles. The number of hydrogen-bond acceptors (Lipinski definition) is 3. The number of thiophene rings is 1. The Hall–Kier alpha value is -6.62. The van der Waals surface area contributed by atoms with Crippen molar-refractivity contribution in [2.75, 3.05) is 9.80 Å². The Morgan fingerprint density at radius 3 is 1.52 bits per heavy atom. The largest absolute Gasteiger partial charge is 0.311 e. The molecule has 0 radical (unpaired) electrons. The number of fused-ring (bicyclic) bond motifs is 16. The van der Waals surface area contributed by atoms with Crippen LogP contribution in [-0.2, 0) is 16.2 Å². The third-order valence-corrected chi connectivity index (χ3v) is 16.0. The fraction of sp³-hybridized carbons (Fsp3) is 0.167. The van der Waals surface area contributed by atoms with Gasteiger partial charge in [-0.25, -0.2) is 0 Å². The maximum atomic E-state index is 2.63. The fourth-order valence-corrected chi connectivity index (χ4v) is 13.3. The molecule has 0 unspecified atom stereocenters. The van der Waals surface area contributed by atoms with E-state index in [9.17, 15) is 0 Å². The number of nitrogens with zero attached hydrogens (tertiary/aromatic N) is 2. The van der Waals surface area contributed by atoms with Gasteiger partial charge in [0.15, 0.2) is 0 Å². The molecule has 9 aromatic rings. The molecule has 1 spiro atoms. The van der Waals surface area contributed by atoms with Crippen molar-refractivity contribution in [1.82, 2.24) is 0 Å². The van der Waals surface area contributed by atoms with Crippen molar-refractivity contribution in [2.24, 2.45) is 0 Å². The van der Waals surface area contributed by atoms with E-state index in [1.165, 1.54) is 121 Å². The molecule has 64 heavy (non-hydrogen) atoms. The number of para-hydroxylation sites is 1. The fourth-order valence-electron chi connectivity index (χ4n) is 11.9. The molecular formula is C60H49BN2S. The van der Waals surface area contributed by atoms with Gasteiger partial charge >= 0.3 is 0 Å². The van der Waals surface area contributed by atoms with Crippen LogP contribution in [0.3, 0.4) is 0 Å². The smallest absolute Gasteiger partial charge is 0.264 e. The summed E-state index contributed by atoms with van der Waals surface area (Å²) in [6.07, 6.45) is 0. The van der Waals surface area contributed by atoms with Crippen LogP contribution in [0.1, 0.15) is 80.5 Å². The summed E-state index contributed by atoms with van der Waals surface area (Å²) in [5.74, 6) is 0. The van der Waals surface area contributed by atoms with Crippen LogP contribution in [0.4, 0.5) is 34.1 Å². The molecule has 8 aromatic carbocycles. The van der Waals surface area contributed by atoms with Crippen molar-refractivity contribution >= 4 is 78.0 Å². The maximum absolute atomic E-state index is 2.63. The van der Waals surface area contributed by atoms with Crippen LogP contribution < -0.4 is 25.5 Å². The molecule has 0 bridgehead atoms. The van der Waals surface area contributed by atoms with Crippen molar-refractivity contribution in [2.45, 2.75) is 64.7 Å².